The Hall–Kier alpha value is -4.38. The van der Waals surface area contributed by atoms with Crippen LogP contribution < -0.4 is 15.8 Å². The molecule has 37 heavy (non-hydrogen) atoms. The molecule has 0 amide bonds. The molecule has 0 bridgehead atoms. The Morgan fingerprint density at radius 3 is 2.73 bits per heavy atom. The SMILES string of the molecule is Cn1ncc(-c2nccc(N)n2)c1OC[C@@H](F)CNc1cc(Cl)ncc1C#Cc1cnn(C(F)(F)F)c1. The van der Waals surface area contributed by atoms with Crippen LogP contribution in [0.2, 0.25) is 5.15 Å². The van der Waals surface area contributed by atoms with Crippen molar-refractivity contribution < 1.29 is 22.3 Å². The van der Waals surface area contributed by atoms with Gasteiger partial charge in [0.15, 0.2) is 12.0 Å². The number of anilines is 2. The van der Waals surface area contributed by atoms with Crippen molar-refractivity contribution in [2.45, 2.75) is 12.5 Å². The standard InChI is InChI=1S/C22H18ClF4N9O/c1-35-21(16(10-32-35)20-29-5-4-19(28)34-20)37-12-15(24)9-30-17-6-18(23)31-8-14(17)3-2-13-7-33-36(11-13)22(25,26)27/h4-8,10-11,15H,9,12H2,1H3,(H,30,31)(H2,28,29,34)/t15-/m0/s1. The first-order valence-electron chi connectivity index (χ1n) is 10.5. The fourth-order valence-corrected chi connectivity index (χ4v) is 3.20. The van der Waals surface area contributed by atoms with E-state index in [2.05, 4.69) is 42.3 Å². The second kappa shape index (κ2) is 10.7. The van der Waals surface area contributed by atoms with Crippen LogP contribution in [0.15, 0.2) is 43.1 Å². The minimum Gasteiger partial charge on any atom is -0.474 e. The molecule has 15 heteroatoms. The van der Waals surface area contributed by atoms with E-state index in [1.165, 1.54) is 35.4 Å². The predicted octanol–water partition coefficient (Wildman–Crippen LogP) is 3.41. The summed E-state index contributed by atoms with van der Waals surface area (Å²) in [5.41, 5.74) is 6.82. The van der Waals surface area contributed by atoms with Crippen LogP contribution in [0.25, 0.3) is 11.4 Å². The minimum absolute atomic E-state index is 0.0335. The first-order chi connectivity index (χ1) is 17.6. The third kappa shape index (κ3) is 6.44. The molecule has 0 unspecified atom stereocenters. The lowest BCUT2D eigenvalue weighted by molar-refractivity contribution is -0.212. The van der Waals surface area contributed by atoms with E-state index < -0.39 is 12.5 Å². The lowest BCUT2D eigenvalue weighted by Crippen LogP contribution is -2.23. The summed E-state index contributed by atoms with van der Waals surface area (Å²) in [5.74, 6) is 6.07. The van der Waals surface area contributed by atoms with Crippen LogP contribution in [-0.2, 0) is 13.3 Å². The number of pyridine rings is 1. The molecular formula is C22H18ClF4N9O. The van der Waals surface area contributed by atoms with Gasteiger partial charge >= 0.3 is 6.30 Å². The highest BCUT2D eigenvalue weighted by Gasteiger charge is 2.31. The zero-order chi connectivity index (χ0) is 26.6. The van der Waals surface area contributed by atoms with Gasteiger partial charge in [0.1, 0.15) is 23.1 Å². The number of nitrogens with one attached hydrogen (secondary N) is 1. The van der Waals surface area contributed by atoms with Gasteiger partial charge in [-0.15, -0.1) is 13.2 Å². The summed E-state index contributed by atoms with van der Waals surface area (Å²) >= 11 is 5.95. The smallest absolute Gasteiger partial charge is 0.474 e. The van der Waals surface area contributed by atoms with Gasteiger partial charge in [-0.2, -0.15) is 14.9 Å². The summed E-state index contributed by atoms with van der Waals surface area (Å²) in [6, 6.07) is 2.96. The van der Waals surface area contributed by atoms with Crippen LogP contribution in [0, 0.1) is 11.8 Å². The predicted molar refractivity (Wildman–Crippen MR) is 126 cm³/mol. The van der Waals surface area contributed by atoms with Gasteiger partial charge in [-0.25, -0.2) is 24.0 Å². The van der Waals surface area contributed by atoms with E-state index >= 15 is 0 Å². The van der Waals surface area contributed by atoms with E-state index in [1.54, 1.807) is 7.05 Å². The number of aryl methyl sites for hydroxylation is 1. The molecule has 10 nitrogen and oxygen atoms in total. The Morgan fingerprint density at radius 1 is 1.19 bits per heavy atom. The quantitative estimate of drug-likeness (QED) is 0.210. The maximum atomic E-state index is 14.7. The van der Waals surface area contributed by atoms with Gasteiger partial charge in [0.2, 0.25) is 5.88 Å². The third-order valence-electron chi connectivity index (χ3n) is 4.77. The van der Waals surface area contributed by atoms with E-state index in [0.717, 1.165) is 12.4 Å². The van der Waals surface area contributed by atoms with Crippen LogP contribution in [0.5, 0.6) is 5.88 Å². The number of nitrogen functional groups attached to an aromatic ring is 1. The highest BCUT2D eigenvalue weighted by Crippen LogP contribution is 2.27. The molecule has 0 aromatic carbocycles. The Morgan fingerprint density at radius 2 is 2.00 bits per heavy atom. The monoisotopic (exact) mass is 535 g/mol. The van der Waals surface area contributed by atoms with Crippen molar-refractivity contribution in [1.82, 2.24) is 34.5 Å². The molecule has 0 aliphatic heterocycles. The Labute approximate surface area is 212 Å². The first-order valence-corrected chi connectivity index (χ1v) is 10.9. The number of nitrogens with two attached hydrogens (primary N) is 1. The Kier molecular flexibility index (Phi) is 7.44. The van der Waals surface area contributed by atoms with Crippen LogP contribution in [0.1, 0.15) is 11.1 Å². The van der Waals surface area contributed by atoms with Crippen LogP contribution >= 0.6 is 11.6 Å². The molecule has 4 aromatic rings. The molecule has 192 valence electrons. The van der Waals surface area contributed by atoms with Crippen molar-refractivity contribution in [2.24, 2.45) is 7.05 Å². The molecule has 0 fully saturated rings. The lowest BCUT2D eigenvalue weighted by atomic mass is 10.2. The molecule has 3 N–H and O–H groups in total. The van der Waals surface area contributed by atoms with Crippen molar-refractivity contribution in [1.29, 1.82) is 0 Å². The average molecular weight is 536 g/mol. The highest BCUT2D eigenvalue weighted by atomic mass is 35.5. The number of halogens is 5. The van der Waals surface area contributed by atoms with Gasteiger partial charge in [-0.3, -0.25) is 0 Å². The molecule has 0 aliphatic carbocycles. The maximum Gasteiger partial charge on any atom is 0.504 e. The largest absolute Gasteiger partial charge is 0.504 e. The van der Waals surface area contributed by atoms with Crippen LogP contribution in [0.4, 0.5) is 29.1 Å². The summed E-state index contributed by atoms with van der Waals surface area (Å²) in [6.07, 6.45) is -0.111. The zero-order valence-electron chi connectivity index (χ0n) is 19.0. The Balaban J connectivity index is 1.41. The molecular weight excluding hydrogens is 518 g/mol. The van der Waals surface area contributed by atoms with Gasteiger partial charge in [-0.05, 0) is 12.1 Å². The van der Waals surface area contributed by atoms with E-state index in [9.17, 15) is 17.6 Å². The molecule has 0 spiro atoms. The number of nitrogens with zero attached hydrogens (tertiary/aromatic N) is 7. The highest BCUT2D eigenvalue weighted by molar-refractivity contribution is 6.29. The van der Waals surface area contributed by atoms with Crippen molar-refractivity contribution >= 4 is 23.1 Å². The maximum absolute atomic E-state index is 14.7. The lowest BCUT2D eigenvalue weighted by Gasteiger charge is -2.14. The number of alkyl halides is 4. The van der Waals surface area contributed by atoms with E-state index in [-0.39, 0.29) is 46.1 Å². The van der Waals surface area contributed by atoms with Gasteiger partial charge in [0.25, 0.3) is 0 Å². The molecule has 0 saturated heterocycles. The van der Waals surface area contributed by atoms with Crippen molar-refractivity contribution in [2.75, 3.05) is 24.2 Å². The fourth-order valence-electron chi connectivity index (χ4n) is 3.04. The molecule has 0 radical (unpaired) electrons. The van der Waals surface area contributed by atoms with Gasteiger partial charge in [0.05, 0.1) is 29.2 Å². The topological polar surface area (TPSA) is 122 Å². The van der Waals surface area contributed by atoms with Crippen LogP contribution in [-0.4, -0.2) is 53.8 Å². The fraction of sp³-hybridized carbons (Fsp3) is 0.227. The molecule has 0 aliphatic rings. The van der Waals surface area contributed by atoms with Crippen LogP contribution in [0.3, 0.4) is 0 Å². The summed E-state index contributed by atoms with van der Waals surface area (Å²) in [7, 11) is 1.62. The number of aromatic nitrogens is 7. The molecule has 4 aromatic heterocycles. The summed E-state index contributed by atoms with van der Waals surface area (Å²) < 4.78 is 59.7. The van der Waals surface area contributed by atoms with E-state index in [1.807, 2.05) is 0 Å². The van der Waals surface area contributed by atoms with Gasteiger partial charge in [-0.1, -0.05) is 23.4 Å². The van der Waals surface area contributed by atoms with E-state index in [4.69, 9.17) is 22.1 Å². The number of hydrogen-bond donors (Lipinski definition) is 2. The van der Waals surface area contributed by atoms with Gasteiger partial charge < -0.3 is 15.8 Å². The van der Waals surface area contributed by atoms with Crippen molar-refractivity contribution in [3.8, 4) is 29.1 Å². The molecule has 0 saturated carbocycles. The molecule has 4 heterocycles. The first kappa shape index (κ1) is 25.7. The summed E-state index contributed by atoms with van der Waals surface area (Å²) in [6.45, 7) is -0.526. The third-order valence-corrected chi connectivity index (χ3v) is 4.98. The second-order valence-electron chi connectivity index (χ2n) is 7.53. The van der Waals surface area contributed by atoms with E-state index in [0.29, 0.717) is 16.8 Å². The van der Waals surface area contributed by atoms with Crippen molar-refractivity contribution in [3.05, 3.63) is 59.4 Å². The second-order valence-corrected chi connectivity index (χ2v) is 7.91. The normalized spacial score (nSPS) is 12.1. The van der Waals surface area contributed by atoms with Gasteiger partial charge in [0, 0.05) is 32.2 Å². The summed E-state index contributed by atoms with van der Waals surface area (Å²) in [4.78, 5) is 12.2. The Bertz CT molecular complexity index is 1460. The number of ether oxygens (including phenoxy) is 1. The average Bonchev–Trinajstić information content (AvgIpc) is 3.47. The number of rotatable bonds is 7. The molecule has 4 rings (SSSR count). The summed E-state index contributed by atoms with van der Waals surface area (Å²) in [5, 5.41) is 10.3. The van der Waals surface area contributed by atoms with Crippen molar-refractivity contribution in [3.63, 3.8) is 0 Å². The zero-order valence-corrected chi connectivity index (χ0v) is 19.8. The molecule has 1 atom stereocenters. The number of hydrogen-bond acceptors (Lipinski definition) is 8. The minimum atomic E-state index is -4.65.